The highest BCUT2D eigenvalue weighted by Gasteiger charge is 2.03. The molecule has 0 aliphatic rings. The lowest BCUT2D eigenvalue weighted by molar-refractivity contribution is 0.0892. The Morgan fingerprint density at radius 2 is 2.33 bits per heavy atom. The van der Waals surface area contributed by atoms with Crippen molar-refractivity contribution < 1.29 is 4.79 Å². The third kappa shape index (κ3) is 2.47. The Bertz CT molecular complexity index is 241. The van der Waals surface area contributed by atoms with Crippen LogP contribution in [0.4, 0.5) is 0 Å². The number of hydrogen-bond donors (Lipinski definition) is 0. The zero-order valence-electron chi connectivity index (χ0n) is 7.40. The molecule has 0 radical (unpaired) electrons. The number of carbonyl (C=O) groups excluding carboxylic acids is 1. The van der Waals surface area contributed by atoms with Gasteiger partial charge in [0.25, 0.3) is 0 Å². The Labute approximate surface area is 71.8 Å². The van der Waals surface area contributed by atoms with Gasteiger partial charge >= 0.3 is 0 Å². The van der Waals surface area contributed by atoms with E-state index in [1.165, 1.54) is 10.9 Å². The lowest BCUT2D eigenvalue weighted by atomic mass is 10.4. The predicted molar refractivity (Wildman–Crippen MR) is 46.0 cm³/mol. The summed E-state index contributed by atoms with van der Waals surface area (Å²) < 4.78 is 1.50. The van der Waals surface area contributed by atoms with Gasteiger partial charge in [0.2, 0.25) is 5.91 Å². The fourth-order valence-corrected chi connectivity index (χ4v) is 0.855. The number of nitrogens with zero attached hydrogens (tertiary/aromatic N) is 3. The van der Waals surface area contributed by atoms with Crippen molar-refractivity contribution in [2.24, 2.45) is 0 Å². The molecule has 1 rings (SSSR count). The van der Waals surface area contributed by atoms with Crippen molar-refractivity contribution in [3.63, 3.8) is 0 Å². The molecule has 1 aromatic rings. The smallest absolute Gasteiger partial charge is 0.233 e. The molecular formula is C8H13N3O. The first kappa shape index (κ1) is 8.93. The van der Waals surface area contributed by atoms with E-state index in [-0.39, 0.29) is 5.91 Å². The molecule has 0 aliphatic carbocycles. The van der Waals surface area contributed by atoms with Crippen LogP contribution in [0.3, 0.4) is 0 Å². The van der Waals surface area contributed by atoms with Crippen LogP contribution < -0.4 is 0 Å². The molecule has 0 saturated heterocycles. The van der Waals surface area contributed by atoms with Gasteiger partial charge in [-0.2, -0.15) is 0 Å². The molecule has 1 aromatic heterocycles. The minimum atomic E-state index is 0.0844. The first-order chi connectivity index (χ1) is 5.70. The Morgan fingerprint density at radius 3 is 2.83 bits per heavy atom. The molecule has 12 heavy (non-hydrogen) atoms. The fourth-order valence-electron chi connectivity index (χ4n) is 0.855. The second kappa shape index (κ2) is 4.01. The summed E-state index contributed by atoms with van der Waals surface area (Å²) in [5.74, 6) is 0.0844. The highest BCUT2D eigenvalue weighted by atomic mass is 16.2. The van der Waals surface area contributed by atoms with E-state index in [1.807, 2.05) is 19.0 Å². The van der Waals surface area contributed by atoms with E-state index in [1.54, 1.807) is 12.4 Å². The summed E-state index contributed by atoms with van der Waals surface area (Å²) in [5, 5.41) is 0. The predicted octanol–water partition coefficient (Wildman–Crippen LogP) is 0.475. The van der Waals surface area contributed by atoms with Gasteiger partial charge in [-0.3, -0.25) is 9.36 Å². The average Bonchev–Trinajstić information content (AvgIpc) is 2.51. The van der Waals surface area contributed by atoms with Crippen LogP contribution in [0, 0.1) is 0 Å². The summed E-state index contributed by atoms with van der Waals surface area (Å²) in [5.41, 5.74) is 0. The number of hydrogen-bond acceptors (Lipinski definition) is 3. The normalized spacial score (nSPS) is 10.6. The molecule has 0 unspecified atom stereocenters. The third-order valence-electron chi connectivity index (χ3n) is 1.57. The fraction of sp³-hybridized carbons (Fsp3) is 0.500. The van der Waals surface area contributed by atoms with Crippen molar-refractivity contribution in [3.05, 3.63) is 18.7 Å². The molecule has 0 aromatic carbocycles. The molecule has 0 atom stereocenters. The van der Waals surface area contributed by atoms with Gasteiger partial charge in [0, 0.05) is 25.4 Å². The molecule has 0 fully saturated rings. The topological polar surface area (TPSA) is 38.1 Å². The highest BCUT2D eigenvalue weighted by Crippen LogP contribution is 1.91. The molecule has 0 N–H and O–H groups in total. The lowest BCUT2D eigenvalue weighted by Crippen LogP contribution is -2.19. The molecular weight excluding hydrogens is 154 g/mol. The first-order valence-corrected chi connectivity index (χ1v) is 3.86. The second-order valence-corrected chi connectivity index (χ2v) is 2.92. The van der Waals surface area contributed by atoms with Crippen LogP contribution in [0.1, 0.15) is 11.2 Å². The Hall–Kier alpha value is -1.16. The first-order valence-electron chi connectivity index (χ1n) is 3.86. The van der Waals surface area contributed by atoms with Crippen molar-refractivity contribution >= 4 is 5.91 Å². The quantitative estimate of drug-likeness (QED) is 0.657. The maximum absolute atomic E-state index is 11.3. The van der Waals surface area contributed by atoms with Gasteiger partial charge in [0.05, 0.1) is 0 Å². The van der Waals surface area contributed by atoms with Crippen molar-refractivity contribution in [3.8, 4) is 0 Å². The van der Waals surface area contributed by atoms with Gasteiger partial charge in [-0.15, -0.1) is 0 Å². The molecule has 0 spiro atoms. The minimum absolute atomic E-state index is 0.0844. The van der Waals surface area contributed by atoms with Crippen molar-refractivity contribution in [2.45, 2.75) is 6.42 Å². The van der Waals surface area contributed by atoms with Gasteiger partial charge in [-0.05, 0) is 14.1 Å². The van der Waals surface area contributed by atoms with Crippen molar-refractivity contribution in [1.82, 2.24) is 14.5 Å². The van der Waals surface area contributed by atoms with E-state index in [2.05, 4.69) is 4.98 Å². The van der Waals surface area contributed by atoms with Crippen LogP contribution in [-0.2, 0) is 0 Å². The maximum atomic E-state index is 11.3. The SMILES string of the molecule is CN(C)CCC(=O)n1ccnc1. The standard InChI is InChI=1S/C8H13N3O/c1-10(2)5-3-8(12)11-6-4-9-7-11/h4,6-7H,3,5H2,1-2H3. The van der Waals surface area contributed by atoms with Gasteiger partial charge in [-0.25, -0.2) is 4.98 Å². The molecule has 66 valence electrons. The van der Waals surface area contributed by atoms with Crippen LogP contribution in [0.2, 0.25) is 0 Å². The average molecular weight is 167 g/mol. The lowest BCUT2D eigenvalue weighted by Gasteiger charge is -2.07. The zero-order valence-corrected chi connectivity index (χ0v) is 7.40. The summed E-state index contributed by atoms with van der Waals surface area (Å²) >= 11 is 0. The Balaban J connectivity index is 2.40. The largest absolute Gasteiger partial charge is 0.309 e. The van der Waals surface area contributed by atoms with Crippen LogP contribution in [0.15, 0.2) is 18.7 Å². The summed E-state index contributed by atoms with van der Waals surface area (Å²) in [6, 6.07) is 0. The summed E-state index contributed by atoms with van der Waals surface area (Å²) in [6.45, 7) is 0.775. The zero-order chi connectivity index (χ0) is 8.97. The molecule has 4 heteroatoms. The van der Waals surface area contributed by atoms with E-state index in [9.17, 15) is 4.79 Å². The van der Waals surface area contributed by atoms with Crippen LogP contribution >= 0.6 is 0 Å². The van der Waals surface area contributed by atoms with Crippen molar-refractivity contribution in [1.29, 1.82) is 0 Å². The monoisotopic (exact) mass is 167 g/mol. The molecule has 0 saturated carbocycles. The maximum Gasteiger partial charge on any atom is 0.233 e. The molecule has 0 bridgehead atoms. The van der Waals surface area contributed by atoms with E-state index in [4.69, 9.17) is 0 Å². The van der Waals surface area contributed by atoms with Gasteiger partial charge in [-0.1, -0.05) is 0 Å². The molecule has 1 heterocycles. The van der Waals surface area contributed by atoms with Gasteiger partial charge in [0.15, 0.2) is 0 Å². The van der Waals surface area contributed by atoms with E-state index in [0.29, 0.717) is 6.42 Å². The third-order valence-corrected chi connectivity index (χ3v) is 1.57. The molecule has 4 nitrogen and oxygen atoms in total. The minimum Gasteiger partial charge on any atom is -0.309 e. The van der Waals surface area contributed by atoms with Crippen molar-refractivity contribution in [2.75, 3.05) is 20.6 Å². The van der Waals surface area contributed by atoms with E-state index < -0.39 is 0 Å². The summed E-state index contributed by atoms with van der Waals surface area (Å²) in [6.07, 6.45) is 5.33. The number of carbonyl (C=O) groups is 1. The molecule has 0 amide bonds. The van der Waals surface area contributed by atoms with Crippen LogP contribution in [-0.4, -0.2) is 41.0 Å². The Kier molecular flexibility index (Phi) is 2.99. The van der Waals surface area contributed by atoms with E-state index in [0.717, 1.165) is 6.54 Å². The van der Waals surface area contributed by atoms with Crippen LogP contribution in [0.5, 0.6) is 0 Å². The number of rotatable bonds is 3. The van der Waals surface area contributed by atoms with Gasteiger partial charge in [0.1, 0.15) is 6.33 Å². The second-order valence-electron chi connectivity index (χ2n) is 2.92. The van der Waals surface area contributed by atoms with Gasteiger partial charge < -0.3 is 4.90 Å². The Morgan fingerprint density at radius 1 is 1.58 bits per heavy atom. The highest BCUT2D eigenvalue weighted by molar-refractivity contribution is 5.78. The summed E-state index contributed by atoms with van der Waals surface area (Å²) in [7, 11) is 3.89. The van der Waals surface area contributed by atoms with Crippen LogP contribution in [0.25, 0.3) is 0 Å². The van der Waals surface area contributed by atoms with E-state index >= 15 is 0 Å². The number of aromatic nitrogens is 2. The molecule has 0 aliphatic heterocycles. The summed E-state index contributed by atoms with van der Waals surface area (Å²) in [4.78, 5) is 17.1. The number of imidazole rings is 1.